The van der Waals surface area contributed by atoms with Crippen LogP contribution in [0, 0.1) is 5.92 Å². The van der Waals surface area contributed by atoms with Gasteiger partial charge in [-0.3, -0.25) is 0 Å². The van der Waals surface area contributed by atoms with Gasteiger partial charge in [0, 0.05) is 25.2 Å². The fourth-order valence-corrected chi connectivity index (χ4v) is 2.93. The largest absolute Gasteiger partial charge is 0.315 e. The first-order valence-corrected chi connectivity index (χ1v) is 6.76. The molecule has 2 fully saturated rings. The van der Waals surface area contributed by atoms with Gasteiger partial charge in [-0.25, -0.2) is 0 Å². The highest BCUT2D eigenvalue weighted by Crippen LogP contribution is 2.33. The molecule has 3 heteroatoms. The summed E-state index contributed by atoms with van der Waals surface area (Å²) in [4.78, 5) is 5.05. The van der Waals surface area contributed by atoms with Crippen LogP contribution in [0.5, 0.6) is 0 Å². The van der Waals surface area contributed by atoms with E-state index in [1.807, 2.05) is 0 Å². The summed E-state index contributed by atoms with van der Waals surface area (Å²) >= 11 is 0. The molecule has 16 heavy (non-hydrogen) atoms. The van der Waals surface area contributed by atoms with Crippen LogP contribution in [0.15, 0.2) is 0 Å². The lowest BCUT2D eigenvalue weighted by atomic mass is 10.0. The van der Waals surface area contributed by atoms with Crippen molar-refractivity contribution in [2.75, 3.05) is 40.8 Å². The minimum Gasteiger partial charge on any atom is -0.315 e. The minimum absolute atomic E-state index is 0.720. The Balaban J connectivity index is 1.78. The van der Waals surface area contributed by atoms with Gasteiger partial charge in [-0.15, -0.1) is 0 Å². The van der Waals surface area contributed by atoms with Crippen molar-refractivity contribution in [2.24, 2.45) is 5.92 Å². The van der Waals surface area contributed by atoms with Crippen LogP contribution in [-0.4, -0.2) is 62.7 Å². The van der Waals surface area contributed by atoms with E-state index in [1.165, 1.54) is 45.3 Å². The zero-order chi connectivity index (χ0) is 11.5. The summed E-state index contributed by atoms with van der Waals surface area (Å²) in [5.41, 5.74) is 0. The fraction of sp³-hybridized carbons (Fsp3) is 1.00. The molecule has 1 N–H and O–H groups in total. The summed E-state index contributed by atoms with van der Waals surface area (Å²) in [7, 11) is 6.66. The molecule has 0 amide bonds. The van der Waals surface area contributed by atoms with E-state index in [2.05, 4.69) is 36.3 Å². The van der Waals surface area contributed by atoms with Gasteiger partial charge in [0.2, 0.25) is 0 Å². The van der Waals surface area contributed by atoms with E-state index in [0.717, 1.165) is 18.0 Å². The summed E-state index contributed by atoms with van der Waals surface area (Å²) in [5.74, 6) is 0.953. The van der Waals surface area contributed by atoms with Crippen molar-refractivity contribution in [3.8, 4) is 0 Å². The van der Waals surface area contributed by atoms with Crippen LogP contribution in [0.4, 0.5) is 0 Å². The molecule has 1 aliphatic carbocycles. The number of piperidine rings is 1. The molecule has 2 aliphatic rings. The second kappa shape index (κ2) is 5.48. The van der Waals surface area contributed by atoms with E-state index in [4.69, 9.17) is 0 Å². The average Bonchev–Trinajstić information content (AvgIpc) is 3.09. The predicted molar refractivity (Wildman–Crippen MR) is 68.7 cm³/mol. The van der Waals surface area contributed by atoms with Crippen molar-refractivity contribution < 1.29 is 0 Å². The number of nitrogens with one attached hydrogen (secondary N) is 1. The van der Waals surface area contributed by atoms with E-state index in [0.29, 0.717) is 0 Å². The van der Waals surface area contributed by atoms with Crippen LogP contribution < -0.4 is 5.32 Å². The van der Waals surface area contributed by atoms with Crippen LogP contribution >= 0.6 is 0 Å². The molecule has 0 bridgehead atoms. The molecule has 0 aromatic rings. The van der Waals surface area contributed by atoms with Crippen LogP contribution in [-0.2, 0) is 0 Å². The van der Waals surface area contributed by atoms with E-state index < -0.39 is 0 Å². The number of hydrogen-bond donors (Lipinski definition) is 1. The van der Waals surface area contributed by atoms with Crippen molar-refractivity contribution in [1.29, 1.82) is 0 Å². The van der Waals surface area contributed by atoms with Crippen LogP contribution in [0.2, 0.25) is 0 Å². The molecule has 2 unspecified atom stereocenters. The smallest absolute Gasteiger partial charge is 0.0221 e. The highest BCUT2D eigenvalue weighted by molar-refractivity contribution is 4.89. The third kappa shape index (κ3) is 3.19. The first kappa shape index (κ1) is 12.3. The average molecular weight is 225 g/mol. The molecule has 3 nitrogen and oxygen atoms in total. The SMILES string of the molecule is CNC(CN(C)C1CCCN(C)C1)C1CC1. The maximum absolute atomic E-state index is 3.49. The number of likely N-dealkylation sites (N-methyl/N-ethyl adjacent to an activating group) is 3. The van der Waals surface area contributed by atoms with Crippen molar-refractivity contribution in [1.82, 2.24) is 15.1 Å². The van der Waals surface area contributed by atoms with E-state index in [9.17, 15) is 0 Å². The number of hydrogen-bond acceptors (Lipinski definition) is 3. The Labute approximate surface area is 100 Å². The van der Waals surface area contributed by atoms with Gasteiger partial charge in [0.25, 0.3) is 0 Å². The number of likely N-dealkylation sites (tertiary alicyclic amines) is 1. The van der Waals surface area contributed by atoms with Gasteiger partial charge in [0.15, 0.2) is 0 Å². The second-order valence-corrected chi connectivity index (χ2v) is 5.73. The van der Waals surface area contributed by atoms with E-state index in [1.54, 1.807) is 0 Å². The Hall–Kier alpha value is -0.120. The molecule has 0 radical (unpaired) electrons. The van der Waals surface area contributed by atoms with Gasteiger partial charge in [0.05, 0.1) is 0 Å². The van der Waals surface area contributed by atoms with Gasteiger partial charge < -0.3 is 15.1 Å². The molecule has 0 aromatic heterocycles. The first-order chi connectivity index (χ1) is 7.70. The minimum atomic E-state index is 0.720. The molecule has 2 atom stereocenters. The van der Waals surface area contributed by atoms with Crippen molar-refractivity contribution in [3.05, 3.63) is 0 Å². The normalized spacial score (nSPS) is 29.6. The Morgan fingerprint density at radius 2 is 2.12 bits per heavy atom. The molecule has 0 spiro atoms. The number of rotatable bonds is 5. The maximum Gasteiger partial charge on any atom is 0.0221 e. The quantitative estimate of drug-likeness (QED) is 0.753. The standard InChI is InChI=1S/C13H27N3/c1-14-13(11-6-7-11)10-16(3)12-5-4-8-15(2)9-12/h11-14H,4-10H2,1-3H3. The van der Waals surface area contributed by atoms with E-state index in [-0.39, 0.29) is 0 Å². The highest BCUT2D eigenvalue weighted by atomic mass is 15.2. The molecule has 0 aromatic carbocycles. The first-order valence-electron chi connectivity index (χ1n) is 6.76. The van der Waals surface area contributed by atoms with Crippen molar-refractivity contribution in [2.45, 2.75) is 37.8 Å². The van der Waals surface area contributed by atoms with Gasteiger partial charge in [-0.2, -0.15) is 0 Å². The highest BCUT2D eigenvalue weighted by Gasteiger charge is 2.32. The maximum atomic E-state index is 3.49. The monoisotopic (exact) mass is 225 g/mol. The summed E-state index contributed by atoms with van der Waals surface area (Å²) in [5, 5.41) is 3.49. The topological polar surface area (TPSA) is 18.5 Å². The second-order valence-electron chi connectivity index (χ2n) is 5.73. The predicted octanol–water partition coefficient (Wildman–Crippen LogP) is 1.01. The van der Waals surface area contributed by atoms with Crippen LogP contribution in [0.1, 0.15) is 25.7 Å². The zero-order valence-electron chi connectivity index (χ0n) is 11.1. The molecule has 1 saturated heterocycles. The molecule has 1 saturated carbocycles. The Morgan fingerprint density at radius 3 is 2.69 bits per heavy atom. The van der Waals surface area contributed by atoms with Gasteiger partial charge >= 0.3 is 0 Å². The van der Waals surface area contributed by atoms with Gasteiger partial charge in [-0.1, -0.05) is 0 Å². The third-order valence-electron chi connectivity index (χ3n) is 4.27. The summed E-state index contributed by atoms with van der Waals surface area (Å²) in [6.07, 6.45) is 5.61. The molecular formula is C13H27N3. The lowest BCUT2D eigenvalue weighted by molar-refractivity contribution is 0.123. The molecule has 1 heterocycles. The zero-order valence-corrected chi connectivity index (χ0v) is 11.1. The van der Waals surface area contributed by atoms with Gasteiger partial charge in [0.1, 0.15) is 0 Å². The van der Waals surface area contributed by atoms with Crippen LogP contribution in [0.25, 0.3) is 0 Å². The van der Waals surface area contributed by atoms with Crippen molar-refractivity contribution >= 4 is 0 Å². The van der Waals surface area contributed by atoms with Crippen molar-refractivity contribution in [3.63, 3.8) is 0 Å². The molecular weight excluding hydrogens is 198 g/mol. The Bertz CT molecular complexity index is 215. The Kier molecular flexibility index (Phi) is 4.22. The molecule has 1 aliphatic heterocycles. The Morgan fingerprint density at radius 1 is 1.38 bits per heavy atom. The lowest BCUT2D eigenvalue weighted by Gasteiger charge is -2.37. The third-order valence-corrected chi connectivity index (χ3v) is 4.27. The summed E-state index contributed by atoms with van der Waals surface area (Å²) in [6, 6.07) is 1.49. The number of nitrogens with zero attached hydrogens (tertiary/aromatic N) is 2. The van der Waals surface area contributed by atoms with E-state index >= 15 is 0 Å². The summed E-state index contributed by atoms with van der Waals surface area (Å²) < 4.78 is 0. The lowest BCUT2D eigenvalue weighted by Crippen LogP contribution is -2.49. The fourth-order valence-electron chi connectivity index (χ4n) is 2.93. The van der Waals surface area contributed by atoms with Gasteiger partial charge in [-0.05, 0) is 59.3 Å². The van der Waals surface area contributed by atoms with Crippen LogP contribution in [0.3, 0.4) is 0 Å². The molecule has 94 valence electrons. The summed E-state index contributed by atoms with van der Waals surface area (Å²) in [6.45, 7) is 3.75. The molecule has 2 rings (SSSR count).